The standard InChI is InChI=1S/C24H24ClNO5/c1-31-19-13-15(9-12-18(19)25)22(28)20-21(14-7-10-17(27)11-8-14)26(24(30)23(20)29)16-5-3-2-4-6-16/h7-13,16,21,27-28H,2-6H2,1H3/b22-20-. The molecule has 0 aromatic heterocycles. The molecule has 1 saturated carbocycles. The van der Waals surface area contributed by atoms with Crippen molar-refractivity contribution < 1.29 is 24.5 Å². The molecule has 31 heavy (non-hydrogen) atoms. The lowest BCUT2D eigenvalue weighted by Crippen LogP contribution is -2.40. The normalized spacial score (nSPS) is 21.5. The number of rotatable bonds is 4. The molecule has 7 heteroatoms. The zero-order chi connectivity index (χ0) is 22.1. The molecule has 1 unspecified atom stereocenters. The predicted molar refractivity (Wildman–Crippen MR) is 117 cm³/mol. The number of amides is 1. The molecule has 1 saturated heterocycles. The number of carbonyl (C=O) groups excluding carboxylic acids is 2. The SMILES string of the molecule is COc1cc(/C(O)=C2/C(=O)C(=O)N(C3CCCCC3)C2c2ccc(O)cc2)ccc1Cl. The van der Waals surface area contributed by atoms with Gasteiger partial charge in [0.05, 0.1) is 23.7 Å². The number of aliphatic hydroxyl groups is 1. The van der Waals surface area contributed by atoms with E-state index in [1.807, 2.05) is 0 Å². The Hall–Kier alpha value is -2.99. The van der Waals surface area contributed by atoms with E-state index in [9.17, 15) is 19.8 Å². The molecule has 0 radical (unpaired) electrons. The topological polar surface area (TPSA) is 87.1 Å². The van der Waals surface area contributed by atoms with E-state index in [2.05, 4.69) is 0 Å². The van der Waals surface area contributed by atoms with Gasteiger partial charge in [-0.2, -0.15) is 0 Å². The van der Waals surface area contributed by atoms with Gasteiger partial charge in [-0.3, -0.25) is 9.59 Å². The van der Waals surface area contributed by atoms with Gasteiger partial charge in [0, 0.05) is 11.6 Å². The largest absolute Gasteiger partial charge is 0.508 e. The molecule has 2 aromatic rings. The van der Waals surface area contributed by atoms with Gasteiger partial charge in [0.25, 0.3) is 11.7 Å². The quantitative estimate of drug-likeness (QED) is 0.404. The van der Waals surface area contributed by atoms with Gasteiger partial charge in [0.15, 0.2) is 0 Å². The van der Waals surface area contributed by atoms with Gasteiger partial charge in [-0.15, -0.1) is 0 Å². The number of ether oxygens (including phenoxy) is 1. The number of ketones is 1. The fourth-order valence-corrected chi connectivity index (χ4v) is 4.73. The summed E-state index contributed by atoms with van der Waals surface area (Å²) < 4.78 is 5.23. The Morgan fingerprint density at radius 3 is 2.39 bits per heavy atom. The minimum absolute atomic E-state index is 0.0330. The Bertz CT molecular complexity index is 1040. The Kier molecular flexibility index (Phi) is 5.92. The van der Waals surface area contributed by atoms with Crippen molar-refractivity contribution in [1.29, 1.82) is 0 Å². The Balaban J connectivity index is 1.87. The van der Waals surface area contributed by atoms with E-state index in [1.54, 1.807) is 35.2 Å². The minimum Gasteiger partial charge on any atom is -0.508 e. The van der Waals surface area contributed by atoms with Crippen molar-refractivity contribution >= 4 is 29.1 Å². The fourth-order valence-electron chi connectivity index (χ4n) is 4.53. The minimum atomic E-state index is -0.731. The number of halogens is 1. The van der Waals surface area contributed by atoms with Crippen molar-refractivity contribution in [2.24, 2.45) is 0 Å². The number of likely N-dealkylation sites (tertiary alicyclic amines) is 1. The lowest BCUT2D eigenvalue weighted by Gasteiger charge is -2.35. The molecule has 1 aliphatic heterocycles. The summed E-state index contributed by atoms with van der Waals surface area (Å²) in [5.41, 5.74) is 1.03. The highest BCUT2D eigenvalue weighted by Crippen LogP contribution is 2.43. The van der Waals surface area contributed by atoms with Crippen molar-refractivity contribution in [3.63, 3.8) is 0 Å². The Labute approximate surface area is 185 Å². The van der Waals surface area contributed by atoms with E-state index in [0.717, 1.165) is 32.1 Å². The van der Waals surface area contributed by atoms with E-state index >= 15 is 0 Å². The third kappa shape index (κ3) is 3.88. The maximum absolute atomic E-state index is 13.1. The van der Waals surface area contributed by atoms with Crippen LogP contribution >= 0.6 is 11.6 Å². The van der Waals surface area contributed by atoms with E-state index < -0.39 is 17.7 Å². The van der Waals surface area contributed by atoms with Gasteiger partial charge in [0.1, 0.15) is 17.3 Å². The highest BCUT2D eigenvalue weighted by molar-refractivity contribution is 6.46. The van der Waals surface area contributed by atoms with Crippen molar-refractivity contribution in [1.82, 2.24) is 4.90 Å². The molecule has 4 rings (SSSR count). The second kappa shape index (κ2) is 8.63. The zero-order valence-corrected chi connectivity index (χ0v) is 17.9. The molecular weight excluding hydrogens is 418 g/mol. The lowest BCUT2D eigenvalue weighted by atomic mass is 9.91. The van der Waals surface area contributed by atoms with Crippen LogP contribution in [0.3, 0.4) is 0 Å². The molecule has 2 aromatic carbocycles. The van der Waals surface area contributed by atoms with Crippen LogP contribution in [0.4, 0.5) is 0 Å². The number of aliphatic hydroxyl groups excluding tert-OH is 1. The van der Waals surface area contributed by atoms with Crippen LogP contribution in [-0.4, -0.2) is 40.0 Å². The molecule has 1 aliphatic carbocycles. The number of benzene rings is 2. The number of hydrogen-bond acceptors (Lipinski definition) is 5. The van der Waals surface area contributed by atoms with Crippen molar-refractivity contribution in [3.05, 3.63) is 64.2 Å². The molecule has 0 bridgehead atoms. The lowest BCUT2D eigenvalue weighted by molar-refractivity contribution is -0.141. The Morgan fingerprint density at radius 1 is 1.06 bits per heavy atom. The number of Topliss-reactive ketones (excluding diaryl/α,β-unsaturated/α-hetero) is 1. The van der Waals surface area contributed by atoms with Crippen LogP contribution in [0.1, 0.15) is 49.3 Å². The molecule has 2 aliphatic rings. The van der Waals surface area contributed by atoms with E-state index in [-0.39, 0.29) is 23.1 Å². The second-order valence-corrected chi connectivity index (χ2v) is 8.35. The summed E-state index contributed by atoms with van der Waals surface area (Å²) in [5.74, 6) is -1.15. The fraction of sp³-hybridized carbons (Fsp3) is 0.333. The first-order chi connectivity index (χ1) is 14.9. The number of phenolic OH excluding ortho intramolecular Hbond substituents is 1. The van der Waals surface area contributed by atoms with Gasteiger partial charge in [-0.05, 0) is 48.7 Å². The van der Waals surface area contributed by atoms with Crippen LogP contribution in [0.25, 0.3) is 5.76 Å². The molecule has 6 nitrogen and oxygen atoms in total. The first kappa shape index (κ1) is 21.2. The first-order valence-electron chi connectivity index (χ1n) is 10.4. The van der Waals surface area contributed by atoms with Crippen molar-refractivity contribution in [2.45, 2.75) is 44.2 Å². The smallest absolute Gasteiger partial charge is 0.295 e. The molecule has 1 amide bonds. The third-order valence-electron chi connectivity index (χ3n) is 6.08. The summed E-state index contributed by atoms with van der Waals surface area (Å²) in [7, 11) is 1.46. The number of aromatic hydroxyl groups is 1. The molecule has 1 atom stereocenters. The van der Waals surface area contributed by atoms with Gasteiger partial charge in [0.2, 0.25) is 0 Å². The first-order valence-corrected chi connectivity index (χ1v) is 10.7. The number of hydrogen-bond donors (Lipinski definition) is 2. The number of carbonyl (C=O) groups is 2. The maximum Gasteiger partial charge on any atom is 0.295 e. The number of phenols is 1. The molecular formula is C24H24ClNO5. The molecule has 0 spiro atoms. The van der Waals surface area contributed by atoms with Crippen LogP contribution in [0.2, 0.25) is 5.02 Å². The van der Waals surface area contributed by atoms with E-state index in [1.165, 1.54) is 19.2 Å². The summed E-state index contributed by atoms with van der Waals surface area (Å²) in [6.07, 6.45) is 4.72. The van der Waals surface area contributed by atoms with Gasteiger partial charge in [-0.1, -0.05) is 43.0 Å². The summed E-state index contributed by atoms with van der Waals surface area (Å²) >= 11 is 6.10. The van der Waals surface area contributed by atoms with Crippen LogP contribution in [-0.2, 0) is 9.59 Å². The predicted octanol–water partition coefficient (Wildman–Crippen LogP) is 4.81. The summed E-state index contributed by atoms with van der Waals surface area (Å²) in [5, 5.41) is 21.2. The summed E-state index contributed by atoms with van der Waals surface area (Å²) in [6.45, 7) is 0. The van der Waals surface area contributed by atoms with Crippen molar-refractivity contribution in [2.75, 3.05) is 7.11 Å². The molecule has 162 valence electrons. The maximum atomic E-state index is 13.1. The highest BCUT2D eigenvalue weighted by Gasteiger charge is 2.48. The highest BCUT2D eigenvalue weighted by atomic mass is 35.5. The molecule has 2 N–H and O–H groups in total. The van der Waals surface area contributed by atoms with E-state index in [0.29, 0.717) is 21.9 Å². The monoisotopic (exact) mass is 441 g/mol. The summed E-state index contributed by atoms with van der Waals surface area (Å²) in [6, 6.07) is 10.3. The molecule has 1 heterocycles. The van der Waals surface area contributed by atoms with Crippen LogP contribution in [0, 0.1) is 0 Å². The van der Waals surface area contributed by atoms with Gasteiger partial charge < -0.3 is 19.8 Å². The average molecular weight is 442 g/mol. The molecule has 2 fully saturated rings. The van der Waals surface area contributed by atoms with E-state index in [4.69, 9.17) is 16.3 Å². The van der Waals surface area contributed by atoms with Gasteiger partial charge in [-0.25, -0.2) is 0 Å². The number of nitrogens with zero attached hydrogens (tertiary/aromatic N) is 1. The second-order valence-electron chi connectivity index (χ2n) is 7.94. The van der Waals surface area contributed by atoms with Crippen LogP contribution in [0.5, 0.6) is 11.5 Å². The average Bonchev–Trinajstić information content (AvgIpc) is 3.05. The summed E-state index contributed by atoms with van der Waals surface area (Å²) in [4.78, 5) is 27.9. The van der Waals surface area contributed by atoms with Crippen LogP contribution in [0.15, 0.2) is 48.0 Å². The van der Waals surface area contributed by atoms with Gasteiger partial charge >= 0.3 is 0 Å². The Morgan fingerprint density at radius 2 is 1.74 bits per heavy atom. The third-order valence-corrected chi connectivity index (χ3v) is 6.39. The van der Waals surface area contributed by atoms with Crippen molar-refractivity contribution in [3.8, 4) is 11.5 Å². The number of methoxy groups -OCH3 is 1. The zero-order valence-electron chi connectivity index (χ0n) is 17.2. The van der Waals surface area contributed by atoms with Crippen LogP contribution < -0.4 is 4.74 Å².